The second kappa shape index (κ2) is 12.8. The molecule has 1 aliphatic rings. The molecule has 0 aliphatic heterocycles. The molecule has 0 heterocycles. The number of rotatable bonds is 8. The van der Waals surface area contributed by atoms with E-state index in [0.717, 1.165) is 5.56 Å². The first-order valence-electron chi connectivity index (χ1n) is 17.1. The second-order valence-corrected chi connectivity index (χ2v) is 13.6. The van der Waals surface area contributed by atoms with Gasteiger partial charge in [-0.15, -0.1) is 0 Å². The quantitative estimate of drug-likeness (QED) is 0.164. The third-order valence-corrected chi connectivity index (χ3v) is 10.2. The van der Waals surface area contributed by atoms with Crippen LogP contribution in [0.15, 0.2) is 170 Å². The highest BCUT2D eigenvalue weighted by molar-refractivity contribution is 5.96. The summed E-state index contributed by atoms with van der Waals surface area (Å²) >= 11 is 0. The van der Waals surface area contributed by atoms with E-state index in [9.17, 15) is 0 Å². The van der Waals surface area contributed by atoms with Crippen molar-refractivity contribution in [2.24, 2.45) is 5.73 Å². The van der Waals surface area contributed by atoms with Gasteiger partial charge in [0.1, 0.15) is 0 Å². The van der Waals surface area contributed by atoms with E-state index in [4.69, 9.17) is 5.73 Å². The predicted octanol–water partition coefficient (Wildman–Crippen LogP) is 11.5. The first kappa shape index (κ1) is 30.8. The fourth-order valence-corrected chi connectivity index (χ4v) is 7.54. The van der Waals surface area contributed by atoms with Crippen molar-refractivity contribution in [3.05, 3.63) is 198 Å². The number of benzene rings is 7. The molecule has 0 saturated heterocycles. The van der Waals surface area contributed by atoms with Gasteiger partial charge in [0.2, 0.25) is 0 Å². The number of hydrogen-bond donors (Lipinski definition) is 2. The standard InChI is InChI=1S/C47H40N2/c1-47(2)42-23-13-20-35(45(42)41-30-37-18-9-10-19-38(37)31-43(41)47)28-29-44(49-46(48)36-16-7-4-8-17-36)40-22-12-11-21-39(40)34-26-24-33(25-27-34)32-14-5-3-6-15-32/h3-31,44,46,49H,48H2,1-2H3/b29-28+. The van der Waals surface area contributed by atoms with Crippen molar-refractivity contribution < 1.29 is 0 Å². The van der Waals surface area contributed by atoms with Gasteiger partial charge >= 0.3 is 0 Å². The average Bonchev–Trinajstić information content (AvgIpc) is 3.38. The summed E-state index contributed by atoms with van der Waals surface area (Å²) in [6, 6.07) is 58.4. The fraction of sp³-hybridized carbons (Fsp3) is 0.106. The van der Waals surface area contributed by atoms with Gasteiger partial charge in [-0.2, -0.15) is 0 Å². The molecule has 8 rings (SSSR count). The zero-order valence-electron chi connectivity index (χ0n) is 28.0. The smallest absolute Gasteiger partial charge is 0.0817 e. The molecule has 3 N–H and O–H groups in total. The molecule has 2 atom stereocenters. The van der Waals surface area contributed by atoms with Crippen molar-refractivity contribution in [3.63, 3.8) is 0 Å². The molecule has 0 fully saturated rings. The summed E-state index contributed by atoms with van der Waals surface area (Å²) < 4.78 is 0. The SMILES string of the molecule is CC1(C)c2cc3ccccc3cc2-c2c(/C=C/C(NC(N)c3ccccc3)c3ccccc3-c3ccc(-c4ccccc4)cc3)cccc21. The first-order chi connectivity index (χ1) is 24.0. The lowest BCUT2D eigenvalue weighted by Crippen LogP contribution is -2.31. The minimum absolute atomic E-state index is 0.0929. The minimum atomic E-state index is -0.350. The number of fused-ring (bicyclic) bond motifs is 4. The Balaban J connectivity index is 1.22. The molecule has 0 spiro atoms. The van der Waals surface area contributed by atoms with E-state index in [-0.39, 0.29) is 17.6 Å². The van der Waals surface area contributed by atoms with Crippen LogP contribution in [-0.4, -0.2) is 0 Å². The van der Waals surface area contributed by atoms with Crippen LogP contribution in [0.3, 0.4) is 0 Å². The summed E-state index contributed by atoms with van der Waals surface area (Å²) in [6.45, 7) is 4.70. The molecule has 1 aliphatic carbocycles. The lowest BCUT2D eigenvalue weighted by atomic mass is 9.81. The summed E-state index contributed by atoms with van der Waals surface area (Å²) in [5, 5.41) is 6.34. The number of nitrogens with one attached hydrogen (secondary N) is 1. The molecule has 2 nitrogen and oxygen atoms in total. The normalized spacial score (nSPS) is 14.4. The Kier molecular flexibility index (Phi) is 8.05. The Morgan fingerprint density at radius 2 is 1.16 bits per heavy atom. The summed E-state index contributed by atoms with van der Waals surface area (Å²) in [7, 11) is 0. The molecule has 7 aromatic rings. The predicted molar refractivity (Wildman–Crippen MR) is 207 cm³/mol. The monoisotopic (exact) mass is 632 g/mol. The molecular formula is C47H40N2. The van der Waals surface area contributed by atoms with Gasteiger partial charge in [0, 0.05) is 5.41 Å². The summed E-state index contributed by atoms with van der Waals surface area (Å²) in [6.07, 6.45) is 4.24. The minimum Gasteiger partial charge on any atom is -0.312 e. The van der Waals surface area contributed by atoms with Gasteiger partial charge in [-0.1, -0.05) is 178 Å². The van der Waals surface area contributed by atoms with Gasteiger partial charge < -0.3 is 5.73 Å². The van der Waals surface area contributed by atoms with Gasteiger partial charge in [0.15, 0.2) is 0 Å². The average molecular weight is 633 g/mol. The molecule has 0 radical (unpaired) electrons. The molecule has 2 unspecified atom stereocenters. The third-order valence-electron chi connectivity index (χ3n) is 10.2. The third kappa shape index (κ3) is 5.80. The molecular weight excluding hydrogens is 593 g/mol. The molecule has 0 bridgehead atoms. The van der Waals surface area contributed by atoms with Crippen LogP contribution in [0.1, 0.15) is 53.9 Å². The number of nitrogens with two attached hydrogens (primary N) is 1. The molecule has 7 aromatic carbocycles. The van der Waals surface area contributed by atoms with Crippen LogP contribution < -0.4 is 11.1 Å². The van der Waals surface area contributed by atoms with E-state index in [2.05, 4.69) is 177 Å². The van der Waals surface area contributed by atoms with E-state index < -0.39 is 0 Å². The highest BCUT2D eigenvalue weighted by atomic mass is 15.0. The zero-order chi connectivity index (χ0) is 33.4. The van der Waals surface area contributed by atoms with Crippen molar-refractivity contribution in [2.75, 3.05) is 0 Å². The van der Waals surface area contributed by atoms with Crippen molar-refractivity contribution in [3.8, 4) is 33.4 Å². The maximum Gasteiger partial charge on any atom is 0.0817 e. The number of hydrogen-bond acceptors (Lipinski definition) is 2. The lowest BCUT2D eigenvalue weighted by Gasteiger charge is -2.24. The van der Waals surface area contributed by atoms with Crippen LogP contribution in [0.25, 0.3) is 50.2 Å². The van der Waals surface area contributed by atoms with E-state index in [1.54, 1.807) is 0 Å². The van der Waals surface area contributed by atoms with Crippen LogP contribution in [0, 0.1) is 0 Å². The van der Waals surface area contributed by atoms with Crippen LogP contribution in [0.5, 0.6) is 0 Å². The Morgan fingerprint density at radius 3 is 1.92 bits per heavy atom. The molecule has 49 heavy (non-hydrogen) atoms. The second-order valence-electron chi connectivity index (χ2n) is 13.6. The van der Waals surface area contributed by atoms with Crippen LogP contribution in [0.2, 0.25) is 0 Å². The Bertz CT molecular complexity index is 2280. The molecule has 0 aromatic heterocycles. The fourth-order valence-electron chi connectivity index (χ4n) is 7.54. The lowest BCUT2D eigenvalue weighted by molar-refractivity contribution is 0.510. The molecule has 2 heteroatoms. The van der Waals surface area contributed by atoms with Crippen molar-refractivity contribution in [1.82, 2.24) is 5.32 Å². The highest BCUT2D eigenvalue weighted by Gasteiger charge is 2.36. The van der Waals surface area contributed by atoms with Gasteiger partial charge in [-0.05, 0) is 84.1 Å². The van der Waals surface area contributed by atoms with Gasteiger partial charge in [0.05, 0.1) is 12.2 Å². The van der Waals surface area contributed by atoms with Gasteiger partial charge in [-0.25, -0.2) is 0 Å². The van der Waals surface area contributed by atoms with E-state index in [1.807, 2.05) is 18.2 Å². The van der Waals surface area contributed by atoms with Crippen molar-refractivity contribution in [2.45, 2.75) is 31.5 Å². The largest absolute Gasteiger partial charge is 0.312 e. The molecule has 238 valence electrons. The maximum atomic E-state index is 6.87. The van der Waals surface area contributed by atoms with Crippen LogP contribution >= 0.6 is 0 Å². The summed E-state index contributed by atoms with van der Waals surface area (Å²) in [4.78, 5) is 0. The Hall–Kier alpha value is -5.54. The summed E-state index contributed by atoms with van der Waals surface area (Å²) in [5.74, 6) is 0. The Labute approximate surface area is 289 Å². The Morgan fingerprint density at radius 1 is 0.551 bits per heavy atom. The zero-order valence-corrected chi connectivity index (χ0v) is 28.0. The van der Waals surface area contributed by atoms with E-state index >= 15 is 0 Å². The van der Waals surface area contributed by atoms with Crippen LogP contribution in [-0.2, 0) is 5.41 Å². The summed E-state index contributed by atoms with van der Waals surface area (Å²) in [5.41, 5.74) is 20.4. The van der Waals surface area contributed by atoms with Gasteiger partial charge in [-0.3, -0.25) is 5.32 Å². The van der Waals surface area contributed by atoms with Crippen LogP contribution in [0.4, 0.5) is 0 Å². The molecule has 0 amide bonds. The van der Waals surface area contributed by atoms with Crippen molar-refractivity contribution >= 4 is 16.8 Å². The van der Waals surface area contributed by atoms with Crippen molar-refractivity contribution in [1.29, 1.82) is 0 Å². The maximum absolute atomic E-state index is 6.87. The highest BCUT2D eigenvalue weighted by Crippen LogP contribution is 2.51. The topological polar surface area (TPSA) is 38.0 Å². The first-order valence-corrected chi connectivity index (χ1v) is 17.1. The van der Waals surface area contributed by atoms with Gasteiger partial charge in [0.25, 0.3) is 0 Å². The van der Waals surface area contributed by atoms with E-state index in [1.165, 1.54) is 66.4 Å². The molecule has 0 saturated carbocycles. The van der Waals surface area contributed by atoms with E-state index in [0.29, 0.717) is 0 Å².